The van der Waals surface area contributed by atoms with Gasteiger partial charge >= 0.3 is 0 Å². The number of ether oxygens (including phenoxy) is 1. The van der Waals surface area contributed by atoms with E-state index >= 15 is 0 Å². The zero-order valence-electron chi connectivity index (χ0n) is 12.3. The summed E-state index contributed by atoms with van der Waals surface area (Å²) in [5.41, 5.74) is 0.625. The highest BCUT2D eigenvalue weighted by atomic mass is 19.1. The van der Waals surface area contributed by atoms with Crippen LogP contribution < -0.4 is 10.1 Å². The summed E-state index contributed by atoms with van der Waals surface area (Å²) >= 11 is 0. The number of hydrogen-bond donors (Lipinski definition) is 1. The van der Waals surface area contributed by atoms with Gasteiger partial charge in [0.05, 0.1) is 6.10 Å². The van der Waals surface area contributed by atoms with Crippen molar-refractivity contribution in [3.63, 3.8) is 0 Å². The number of halogens is 1. The van der Waals surface area contributed by atoms with Crippen LogP contribution in [0.5, 0.6) is 5.75 Å². The van der Waals surface area contributed by atoms with Crippen molar-refractivity contribution in [3.8, 4) is 5.75 Å². The molecule has 2 aliphatic rings. The molecule has 1 amide bonds. The fraction of sp³-hybridized carbons (Fsp3) is 0.562. The molecule has 114 valence electrons. The number of hydrogen-bond acceptors (Lipinski definition) is 3. The Kier molecular flexibility index (Phi) is 3.99. The van der Waals surface area contributed by atoms with Gasteiger partial charge in [-0.25, -0.2) is 4.39 Å². The predicted molar refractivity (Wildman–Crippen MR) is 78.9 cm³/mol. The zero-order chi connectivity index (χ0) is 14.8. The van der Waals surface area contributed by atoms with Gasteiger partial charge in [-0.2, -0.15) is 0 Å². The molecule has 4 nitrogen and oxygen atoms in total. The number of carbonyl (C=O) groups excluding carboxylic acids is 1. The molecule has 1 aromatic rings. The average molecular weight is 292 g/mol. The number of benzene rings is 1. The van der Waals surface area contributed by atoms with E-state index in [1.54, 1.807) is 24.1 Å². The van der Waals surface area contributed by atoms with Crippen molar-refractivity contribution >= 4 is 11.6 Å². The maximum absolute atomic E-state index is 14.1. The Balaban J connectivity index is 1.65. The largest absolute Gasteiger partial charge is 0.487 e. The first-order valence-corrected chi connectivity index (χ1v) is 7.61. The normalized spacial score (nSPS) is 22.9. The fourth-order valence-corrected chi connectivity index (χ4v) is 3.03. The fourth-order valence-electron chi connectivity index (χ4n) is 3.03. The summed E-state index contributed by atoms with van der Waals surface area (Å²) in [6.45, 7) is 0.738. The Hall–Kier alpha value is -1.78. The summed E-state index contributed by atoms with van der Waals surface area (Å²) in [7, 11) is 1.78. The second-order valence-electron chi connectivity index (χ2n) is 5.91. The Bertz CT molecular complexity index is 529. The van der Waals surface area contributed by atoms with E-state index in [1.165, 1.54) is 6.07 Å². The Morgan fingerprint density at radius 1 is 1.29 bits per heavy atom. The standard InChI is InChI=1S/C16H21FN2O2/c1-19-9-8-14(16(19)20)18-11-6-7-15(13(17)10-11)21-12-4-2-3-5-12/h6-7,10,12,14,18H,2-5,8-9H2,1H3. The van der Waals surface area contributed by atoms with Gasteiger partial charge in [0.15, 0.2) is 11.6 Å². The molecule has 1 N–H and O–H groups in total. The lowest BCUT2D eigenvalue weighted by atomic mass is 10.2. The topological polar surface area (TPSA) is 41.6 Å². The highest BCUT2D eigenvalue weighted by Crippen LogP contribution is 2.28. The summed E-state index contributed by atoms with van der Waals surface area (Å²) in [4.78, 5) is 13.5. The maximum Gasteiger partial charge on any atom is 0.244 e. The minimum atomic E-state index is -0.370. The first-order chi connectivity index (χ1) is 10.1. The molecule has 1 atom stereocenters. The molecular formula is C16H21FN2O2. The van der Waals surface area contributed by atoms with Crippen LogP contribution in [0, 0.1) is 5.82 Å². The Labute approximate surface area is 124 Å². The van der Waals surface area contributed by atoms with Gasteiger partial charge < -0.3 is 15.0 Å². The van der Waals surface area contributed by atoms with Crippen LogP contribution in [0.3, 0.4) is 0 Å². The van der Waals surface area contributed by atoms with E-state index in [0.29, 0.717) is 11.4 Å². The highest BCUT2D eigenvalue weighted by Gasteiger charge is 2.29. The van der Waals surface area contributed by atoms with Crippen molar-refractivity contribution in [1.82, 2.24) is 4.90 Å². The number of likely N-dealkylation sites (tertiary alicyclic amines) is 1. The van der Waals surface area contributed by atoms with E-state index < -0.39 is 0 Å². The van der Waals surface area contributed by atoms with Gasteiger partial charge in [-0.15, -0.1) is 0 Å². The smallest absolute Gasteiger partial charge is 0.244 e. The Morgan fingerprint density at radius 2 is 2.05 bits per heavy atom. The molecule has 0 spiro atoms. The van der Waals surface area contributed by atoms with E-state index in [9.17, 15) is 9.18 Å². The highest BCUT2D eigenvalue weighted by molar-refractivity contribution is 5.86. The molecule has 1 heterocycles. The number of rotatable bonds is 4. The molecule has 1 unspecified atom stereocenters. The lowest BCUT2D eigenvalue weighted by Crippen LogP contribution is -2.30. The summed E-state index contributed by atoms with van der Waals surface area (Å²) in [5.74, 6) is -0.00490. The summed E-state index contributed by atoms with van der Waals surface area (Å²) in [6, 6.07) is 4.59. The molecule has 0 bridgehead atoms. The third-order valence-electron chi connectivity index (χ3n) is 4.30. The second kappa shape index (κ2) is 5.92. The minimum Gasteiger partial charge on any atom is -0.487 e. The second-order valence-corrected chi connectivity index (χ2v) is 5.91. The number of anilines is 1. The molecule has 1 saturated carbocycles. The van der Waals surface area contributed by atoms with Crippen molar-refractivity contribution in [2.45, 2.75) is 44.2 Å². The number of likely N-dealkylation sites (N-methyl/N-ethyl adjacent to an activating group) is 1. The van der Waals surface area contributed by atoms with Crippen LogP contribution in [0.1, 0.15) is 32.1 Å². The van der Waals surface area contributed by atoms with Gasteiger partial charge in [0, 0.05) is 25.3 Å². The van der Waals surface area contributed by atoms with Crippen LogP contribution in [-0.2, 0) is 4.79 Å². The van der Waals surface area contributed by atoms with Gasteiger partial charge in [0.25, 0.3) is 0 Å². The monoisotopic (exact) mass is 292 g/mol. The SMILES string of the molecule is CN1CCC(Nc2ccc(OC3CCCC3)c(F)c2)C1=O. The predicted octanol–water partition coefficient (Wildman–Crippen LogP) is 2.79. The van der Waals surface area contributed by atoms with E-state index in [1.807, 2.05) is 0 Å². The molecule has 3 rings (SSSR count). The first-order valence-electron chi connectivity index (χ1n) is 7.61. The van der Waals surface area contributed by atoms with E-state index in [0.717, 1.165) is 38.6 Å². The molecule has 21 heavy (non-hydrogen) atoms. The van der Waals surface area contributed by atoms with Crippen LogP contribution in [0.15, 0.2) is 18.2 Å². The third-order valence-corrected chi connectivity index (χ3v) is 4.30. The van der Waals surface area contributed by atoms with Crippen LogP contribution in [0.2, 0.25) is 0 Å². The minimum absolute atomic E-state index is 0.0571. The summed E-state index contributed by atoms with van der Waals surface area (Å²) < 4.78 is 19.8. The van der Waals surface area contributed by atoms with Gasteiger partial charge in [-0.3, -0.25) is 4.79 Å². The average Bonchev–Trinajstić information content (AvgIpc) is 3.07. The maximum atomic E-state index is 14.1. The molecule has 2 fully saturated rings. The van der Waals surface area contributed by atoms with Crippen LogP contribution >= 0.6 is 0 Å². The molecule has 0 aromatic heterocycles. The Morgan fingerprint density at radius 3 is 2.67 bits per heavy atom. The molecular weight excluding hydrogens is 271 g/mol. The van der Waals surface area contributed by atoms with Gasteiger partial charge in [0.1, 0.15) is 6.04 Å². The van der Waals surface area contributed by atoms with Crippen molar-refractivity contribution in [3.05, 3.63) is 24.0 Å². The summed E-state index contributed by atoms with van der Waals surface area (Å²) in [5, 5.41) is 3.10. The molecule has 0 radical (unpaired) electrons. The lowest BCUT2D eigenvalue weighted by Gasteiger charge is -2.16. The van der Waals surface area contributed by atoms with Crippen molar-refractivity contribution in [1.29, 1.82) is 0 Å². The van der Waals surface area contributed by atoms with Gasteiger partial charge in [-0.1, -0.05) is 0 Å². The number of carbonyl (C=O) groups is 1. The summed E-state index contributed by atoms with van der Waals surface area (Å²) in [6.07, 6.45) is 5.21. The zero-order valence-corrected chi connectivity index (χ0v) is 12.3. The first kappa shape index (κ1) is 14.2. The van der Waals surface area contributed by atoms with Crippen LogP contribution in [-0.4, -0.2) is 36.5 Å². The number of nitrogens with zero attached hydrogens (tertiary/aromatic N) is 1. The number of amides is 1. The van der Waals surface area contributed by atoms with Crippen molar-refractivity contribution in [2.75, 3.05) is 18.9 Å². The third kappa shape index (κ3) is 3.12. The van der Waals surface area contributed by atoms with E-state index in [2.05, 4.69) is 5.32 Å². The number of nitrogens with one attached hydrogen (secondary N) is 1. The van der Waals surface area contributed by atoms with Gasteiger partial charge in [0.2, 0.25) is 5.91 Å². The van der Waals surface area contributed by atoms with Crippen molar-refractivity contribution in [2.24, 2.45) is 0 Å². The quantitative estimate of drug-likeness (QED) is 0.928. The van der Waals surface area contributed by atoms with E-state index in [4.69, 9.17) is 4.74 Å². The molecule has 5 heteroatoms. The van der Waals surface area contributed by atoms with Crippen molar-refractivity contribution < 1.29 is 13.9 Å². The molecule has 1 aliphatic heterocycles. The van der Waals surface area contributed by atoms with Gasteiger partial charge in [-0.05, 0) is 44.2 Å². The molecule has 1 aliphatic carbocycles. The molecule has 1 aromatic carbocycles. The molecule has 1 saturated heterocycles. The van der Waals surface area contributed by atoms with Crippen LogP contribution in [0.25, 0.3) is 0 Å². The lowest BCUT2D eigenvalue weighted by molar-refractivity contribution is -0.127. The van der Waals surface area contributed by atoms with Crippen LogP contribution in [0.4, 0.5) is 10.1 Å². The van der Waals surface area contributed by atoms with E-state index in [-0.39, 0.29) is 23.9 Å².